The standard InChI is InChI=1S/C16H33N/c1-13(2)8-7-9-16(17)11-14(3,4)10-15(5,6)12-16/h13H,7-12,17H2,1-6H3. The summed E-state index contributed by atoms with van der Waals surface area (Å²) in [6.45, 7) is 14.2. The number of nitrogens with two attached hydrogens (primary N) is 1. The molecule has 102 valence electrons. The zero-order chi connectivity index (χ0) is 13.3. The van der Waals surface area contributed by atoms with Gasteiger partial charge in [-0.2, -0.15) is 0 Å². The molecule has 1 heteroatoms. The Hall–Kier alpha value is -0.0400. The summed E-state index contributed by atoms with van der Waals surface area (Å²) >= 11 is 0. The van der Waals surface area contributed by atoms with Crippen molar-refractivity contribution in [2.24, 2.45) is 22.5 Å². The van der Waals surface area contributed by atoms with E-state index in [4.69, 9.17) is 5.73 Å². The Morgan fingerprint density at radius 2 is 1.41 bits per heavy atom. The van der Waals surface area contributed by atoms with Crippen LogP contribution in [0.1, 0.15) is 80.1 Å². The van der Waals surface area contributed by atoms with Crippen molar-refractivity contribution in [2.75, 3.05) is 0 Å². The molecule has 0 bridgehead atoms. The van der Waals surface area contributed by atoms with Crippen LogP contribution in [0.3, 0.4) is 0 Å². The number of rotatable bonds is 4. The molecular weight excluding hydrogens is 206 g/mol. The highest BCUT2D eigenvalue weighted by Gasteiger charge is 2.44. The monoisotopic (exact) mass is 239 g/mol. The second-order valence-corrected chi connectivity index (χ2v) is 8.51. The van der Waals surface area contributed by atoms with Gasteiger partial charge in [0.2, 0.25) is 0 Å². The molecule has 1 nitrogen and oxygen atoms in total. The highest BCUT2D eigenvalue weighted by atomic mass is 14.8. The van der Waals surface area contributed by atoms with E-state index < -0.39 is 0 Å². The van der Waals surface area contributed by atoms with Gasteiger partial charge in [-0.1, -0.05) is 54.4 Å². The molecule has 0 aromatic rings. The molecule has 0 spiro atoms. The lowest BCUT2D eigenvalue weighted by Crippen LogP contribution is -2.52. The van der Waals surface area contributed by atoms with Crippen LogP contribution in [0.25, 0.3) is 0 Å². The Kier molecular flexibility index (Phi) is 4.34. The van der Waals surface area contributed by atoms with E-state index >= 15 is 0 Å². The molecule has 1 rings (SSSR count). The molecule has 0 aliphatic heterocycles. The molecule has 1 fully saturated rings. The Labute approximate surface area is 109 Å². The summed E-state index contributed by atoms with van der Waals surface area (Å²) in [6.07, 6.45) is 7.52. The van der Waals surface area contributed by atoms with Crippen molar-refractivity contribution in [1.29, 1.82) is 0 Å². The average molecular weight is 239 g/mol. The van der Waals surface area contributed by atoms with E-state index in [9.17, 15) is 0 Å². The van der Waals surface area contributed by atoms with Crippen LogP contribution in [0, 0.1) is 16.7 Å². The fourth-order valence-electron chi connectivity index (χ4n) is 4.43. The van der Waals surface area contributed by atoms with Crippen LogP contribution >= 0.6 is 0 Å². The summed E-state index contributed by atoms with van der Waals surface area (Å²) in [7, 11) is 0. The van der Waals surface area contributed by atoms with E-state index in [2.05, 4.69) is 41.5 Å². The first-order valence-corrected chi connectivity index (χ1v) is 7.33. The van der Waals surface area contributed by atoms with E-state index in [0.29, 0.717) is 10.8 Å². The topological polar surface area (TPSA) is 26.0 Å². The lowest BCUT2D eigenvalue weighted by molar-refractivity contribution is 0.0428. The van der Waals surface area contributed by atoms with Crippen LogP contribution in [-0.4, -0.2) is 5.54 Å². The summed E-state index contributed by atoms with van der Waals surface area (Å²) in [5.74, 6) is 0.809. The van der Waals surface area contributed by atoms with E-state index in [0.717, 1.165) is 5.92 Å². The average Bonchev–Trinajstić information content (AvgIpc) is 1.93. The molecule has 17 heavy (non-hydrogen) atoms. The highest BCUT2D eigenvalue weighted by molar-refractivity contribution is 5.00. The highest BCUT2D eigenvalue weighted by Crippen LogP contribution is 2.50. The van der Waals surface area contributed by atoms with Gasteiger partial charge in [-0.15, -0.1) is 0 Å². The van der Waals surface area contributed by atoms with Crippen molar-refractivity contribution >= 4 is 0 Å². The maximum atomic E-state index is 6.70. The molecule has 0 atom stereocenters. The third kappa shape index (κ3) is 4.99. The molecule has 0 heterocycles. The van der Waals surface area contributed by atoms with Gasteiger partial charge < -0.3 is 5.73 Å². The lowest BCUT2D eigenvalue weighted by Gasteiger charge is -2.50. The zero-order valence-corrected chi connectivity index (χ0v) is 12.9. The molecule has 0 aromatic heterocycles. The maximum absolute atomic E-state index is 6.70. The molecule has 2 N–H and O–H groups in total. The summed E-state index contributed by atoms with van der Waals surface area (Å²) in [5, 5.41) is 0. The minimum Gasteiger partial charge on any atom is -0.325 e. The summed E-state index contributed by atoms with van der Waals surface area (Å²) < 4.78 is 0. The predicted octanol–water partition coefficient (Wildman–Crippen LogP) is 4.75. The largest absolute Gasteiger partial charge is 0.325 e. The smallest absolute Gasteiger partial charge is 0.0164 e. The maximum Gasteiger partial charge on any atom is 0.0164 e. The van der Waals surface area contributed by atoms with Gasteiger partial charge in [0, 0.05) is 5.54 Å². The van der Waals surface area contributed by atoms with Gasteiger partial charge in [0.05, 0.1) is 0 Å². The third-order valence-corrected chi connectivity index (χ3v) is 4.07. The van der Waals surface area contributed by atoms with Crippen LogP contribution in [-0.2, 0) is 0 Å². The Bertz CT molecular complexity index is 234. The van der Waals surface area contributed by atoms with Crippen LogP contribution < -0.4 is 5.73 Å². The normalized spacial score (nSPS) is 26.1. The van der Waals surface area contributed by atoms with Crippen molar-refractivity contribution < 1.29 is 0 Å². The zero-order valence-electron chi connectivity index (χ0n) is 12.9. The van der Waals surface area contributed by atoms with Crippen molar-refractivity contribution in [2.45, 2.75) is 85.6 Å². The second kappa shape index (κ2) is 4.91. The lowest BCUT2D eigenvalue weighted by atomic mass is 9.57. The van der Waals surface area contributed by atoms with Gasteiger partial charge in [-0.25, -0.2) is 0 Å². The second-order valence-electron chi connectivity index (χ2n) is 8.51. The van der Waals surface area contributed by atoms with E-state index in [1.54, 1.807) is 0 Å². The minimum absolute atomic E-state index is 0.0835. The Balaban J connectivity index is 2.61. The molecular formula is C16H33N. The Morgan fingerprint density at radius 3 is 1.82 bits per heavy atom. The minimum atomic E-state index is 0.0835. The molecule has 0 radical (unpaired) electrons. The van der Waals surface area contributed by atoms with Gasteiger partial charge in [-0.3, -0.25) is 0 Å². The SMILES string of the molecule is CC(C)CCCC1(N)CC(C)(C)CC(C)(C)C1. The van der Waals surface area contributed by atoms with Gasteiger partial charge in [0.1, 0.15) is 0 Å². The summed E-state index contributed by atoms with van der Waals surface area (Å²) in [6, 6.07) is 0. The third-order valence-electron chi connectivity index (χ3n) is 4.07. The fraction of sp³-hybridized carbons (Fsp3) is 1.00. The molecule has 1 aliphatic carbocycles. The molecule has 1 saturated carbocycles. The van der Waals surface area contributed by atoms with E-state index in [1.165, 1.54) is 38.5 Å². The van der Waals surface area contributed by atoms with E-state index in [1.807, 2.05) is 0 Å². The molecule has 0 unspecified atom stereocenters. The summed E-state index contributed by atoms with van der Waals surface area (Å²) in [5.41, 5.74) is 7.60. The van der Waals surface area contributed by atoms with Crippen molar-refractivity contribution in [3.05, 3.63) is 0 Å². The number of hydrogen-bond donors (Lipinski definition) is 1. The summed E-state index contributed by atoms with van der Waals surface area (Å²) in [4.78, 5) is 0. The van der Waals surface area contributed by atoms with Crippen molar-refractivity contribution in [3.8, 4) is 0 Å². The molecule has 0 saturated heterocycles. The van der Waals surface area contributed by atoms with Gasteiger partial charge in [0.15, 0.2) is 0 Å². The molecule has 0 aromatic carbocycles. The predicted molar refractivity (Wildman–Crippen MR) is 77.0 cm³/mol. The molecule has 1 aliphatic rings. The number of hydrogen-bond acceptors (Lipinski definition) is 1. The van der Waals surface area contributed by atoms with Gasteiger partial charge >= 0.3 is 0 Å². The van der Waals surface area contributed by atoms with Crippen LogP contribution in [0.5, 0.6) is 0 Å². The van der Waals surface area contributed by atoms with Crippen LogP contribution in [0.15, 0.2) is 0 Å². The van der Waals surface area contributed by atoms with Gasteiger partial charge in [-0.05, 0) is 42.4 Å². The van der Waals surface area contributed by atoms with Crippen molar-refractivity contribution in [3.63, 3.8) is 0 Å². The first-order valence-electron chi connectivity index (χ1n) is 7.33. The first-order chi connectivity index (χ1) is 7.54. The van der Waals surface area contributed by atoms with Gasteiger partial charge in [0.25, 0.3) is 0 Å². The first kappa shape index (κ1) is 15.0. The van der Waals surface area contributed by atoms with Crippen molar-refractivity contribution in [1.82, 2.24) is 0 Å². The molecule has 0 amide bonds. The Morgan fingerprint density at radius 1 is 0.941 bits per heavy atom. The van der Waals surface area contributed by atoms with Crippen LogP contribution in [0.4, 0.5) is 0 Å². The van der Waals surface area contributed by atoms with E-state index in [-0.39, 0.29) is 5.54 Å². The fourth-order valence-corrected chi connectivity index (χ4v) is 4.43. The quantitative estimate of drug-likeness (QED) is 0.753. The van der Waals surface area contributed by atoms with Crippen LogP contribution in [0.2, 0.25) is 0 Å².